The Morgan fingerprint density at radius 1 is 0.833 bits per heavy atom. The molecule has 9 heteroatoms. The number of alkyl halides is 1. The van der Waals surface area contributed by atoms with Gasteiger partial charge < -0.3 is 14.2 Å². The van der Waals surface area contributed by atoms with Gasteiger partial charge in [0, 0.05) is 24.8 Å². The van der Waals surface area contributed by atoms with Gasteiger partial charge in [-0.25, -0.2) is 8.42 Å². The summed E-state index contributed by atoms with van der Waals surface area (Å²) in [6.07, 6.45) is 0. The zero-order chi connectivity index (χ0) is 22.3. The number of ether oxygens (including phenoxy) is 3. The van der Waals surface area contributed by atoms with E-state index in [2.05, 4.69) is 0 Å². The van der Waals surface area contributed by atoms with Gasteiger partial charge in [0.25, 0.3) is 0 Å². The van der Waals surface area contributed by atoms with Crippen molar-refractivity contribution in [2.75, 3.05) is 32.8 Å². The Hall–Kier alpha value is -1.18. The van der Waals surface area contributed by atoms with Gasteiger partial charge in [0.15, 0.2) is 0 Å². The highest BCUT2D eigenvalue weighted by Gasteiger charge is 2.21. The van der Waals surface area contributed by atoms with Crippen LogP contribution in [0.5, 0.6) is 11.5 Å². The topological polar surface area (TPSA) is 61.8 Å². The summed E-state index contributed by atoms with van der Waals surface area (Å²) in [6, 6.07) is 8.72. The molecule has 5 nitrogen and oxygen atoms in total. The Labute approximate surface area is 193 Å². The normalized spacial score (nSPS) is 13.7. The van der Waals surface area contributed by atoms with E-state index in [0.29, 0.717) is 37.2 Å². The summed E-state index contributed by atoms with van der Waals surface area (Å²) < 4.78 is 42.3. The zero-order valence-electron chi connectivity index (χ0n) is 17.0. The molecule has 0 spiro atoms. The molecular formula is C21H25Cl3O5S. The van der Waals surface area contributed by atoms with Gasteiger partial charge in [-0.1, -0.05) is 37.0 Å². The molecule has 0 fully saturated rings. The van der Waals surface area contributed by atoms with E-state index in [0.717, 1.165) is 0 Å². The average molecular weight is 496 g/mol. The van der Waals surface area contributed by atoms with Gasteiger partial charge in [0.05, 0.1) is 39.7 Å². The fourth-order valence-corrected chi connectivity index (χ4v) is 4.51. The molecule has 0 aliphatic carbocycles. The maximum Gasteiger partial charge on any atom is 0.206 e. The SMILES string of the molecule is COCC(C)COc1ccc(S(=O)(=O)c2ccc(OCC(C)CCl)c(Cl)c2)cc1Cl. The van der Waals surface area contributed by atoms with Crippen molar-refractivity contribution in [1.82, 2.24) is 0 Å². The van der Waals surface area contributed by atoms with Crippen LogP contribution >= 0.6 is 34.8 Å². The second-order valence-corrected chi connectivity index (χ2v) is 10.2. The summed E-state index contributed by atoms with van der Waals surface area (Å²) in [5, 5.41) is 0.415. The lowest BCUT2D eigenvalue weighted by Gasteiger charge is -2.14. The fourth-order valence-electron chi connectivity index (χ4n) is 2.51. The third-order valence-electron chi connectivity index (χ3n) is 4.19. The highest BCUT2D eigenvalue weighted by Crippen LogP contribution is 2.33. The summed E-state index contributed by atoms with van der Waals surface area (Å²) >= 11 is 18.2. The van der Waals surface area contributed by atoms with Crippen molar-refractivity contribution in [3.8, 4) is 11.5 Å². The quantitative estimate of drug-likeness (QED) is 0.372. The van der Waals surface area contributed by atoms with Crippen molar-refractivity contribution >= 4 is 44.6 Å². The molecule has 166 valence electrons. The van der Waals surface area contributed by atoms with Crippen LogP contribution in [0.2, 0.25) is 10.0 Å². The molecule has 0 saturated heterocycles. The summed E-state index contributed by atoms with van der Waals surface area (Å²) in [4.78, 5) is 0.0916. The van der Waals surface area contributed by atoms with Gasteiger partial charge in [-0.3, -0.25) is 0 Å². The Morgan fingerprint density at radius 2 is 1.30 bits per heavy atom. The number of sulfone groups is 1. The third-order valence-corrected chi connectivity index (χ3v) is 7.06. The molecule has 0 aliphatic heterocycles. The molecule has 0 aliphatic rings. The Morgan fingerprint density at radius 3 is 1.70 bits per heavy atom. The first-order valence-electron chi connectivity index (χ1n) is 9.33. The van der Waals surface area contributed by atoms with Gasteiger partial charge in [-0.2, -0.15) is 0 Å². The van der Waals surface area contributed by atoms with E-state index in [-0.39, 0.29) is 31.7 Å². The summed E-state index contributed by atoms with van der Waals surface area (Å²) in [7, 11) is -2.19. The lowest BCUT2D eigenvalue weighted by atomic mass is 10.2. The molecule has 0 radical (unpaired) electrons. The lowest BCUT2D eigenvalue weighted by Crippen LogP contribution is -2.14. The van der Waals surface area contributed by atoms with Crippen LogP contribution in [0, 0.1) is 11.8 Å². The molecule has 0 saturated carbocycles. The third kappa shape index (κ3) is 6.66. The van der Waals surface area contributed by atoms with E-state index in [4.69, 9.17) is 49.0 Å². The van der Waals surface area contributed by atoms with Gasteiger partial charge in [0.2, 0.25) is 9.84 Å². The van der Waals surface area contributed by atoms with Crippen molar-refractivity contribution in [2.45, 2.75) is 23.6 Å². The molecule has 0 heterocycles. The minimum Gasteiger partial charge on any atom is -0.492 e. The minimum absolute atomic E-state index is 0.0451. The van der Waals surface area contributed by atoms with Crippen LogP contribution in [0.1, 0.15) is 13.8 Å². The van der Waals surface area contributed by atoms with Crippen molar-refractivity contribution in [3.05, 3.63) is 46.4 Å². The molecule has 2 rings (SSSR count). The van der Waals surface area contributed by atoms with Crippen LogP contribution < -0.4 is 9.47 Å². The van der Waals surface area contributed by atoms with Crippen LogP contribution in [0.15, 0.2) is 46.2 Å². The highest BCUT2D eigenvalue weighted by molar-refractivity contribution is 7.91. The second kappa shape index (κ2) is 11.4. The Balaban J connectivity index is 2.18. The molecule has 2 aromatic rings. The zero-order valence-corrected chi connectivity index (χ0v) is 20.1. The van der Waals surface area contributed by atoms with Crippen LogP contribution in [-0.4, -0.2) is 41.2 Å². The first-order valence-corrected chi connectivity index (χ1v) is 12.1. The van der Waals surface area contributed by atoms with E-state index in [1.165, 1.54) is 30.3 Å². The minimum atomic E-state index is -3.81. The number of benzene rings is 2. The first kappa shape index (κ1) is 25.1. The summed E-state index contributed by atoms with van der Waals surface area (Å²) in [5.74, 6) is 1.58. The molecule has 0 bridgehead atoms. The van der Waals surface area contributed by atoms with E-state index in [1.807, 2.05) is 13.8 Å². The molecule has 2 atom stereocenters. The lowest BCUT2D eigenvalue weighted by molar-refractivity contribution is 0.127. The maximum atomic E-state index is 13.0. The Kier molecular flexibility index (Phi) is 9.57. The molecule has 30 heavy (non-hydrogen) atoms. The Bertz CT molecular complexity index is 950. The van der Waals surface area contributed by atoms with E-state index >= 15 is 0 Å². The number of rotatable bonds is 11. The molecule has 0 N–H and O–H groups in total. The fraction of sp³-hybridized carbons (Fsp3) is 0.429. The van der Waals surface area contributed by atoms with Gasteiger partial charge in [0.1, 0.15) is 11.5 Å². The smallest absolute Gasteiger partial charge is 0.206 e. The number of hydrogen-bond donors (Lipinski definition) is 0. The van der Waals surface area contributed by atoms with E-state index < -0.39 is 9.84 Å². The van der Waals surface area contributed by atoms with Gasteiger partial charge in [-0.15, -0.1) is 11.6 Å². The van der Waals surface area contributed by atoms with Crippen molar-refractivity contribution < 1.29 is 22.6 Å². The van der Waals surface area contributed by atoms with Gasteiger partial charge >= 0.3 is 0 Å². The average Bonchev–Trinajstić information content (AvgIpc) is 2.71. The molecule has 2 unspecified atom stereocenters. The van der Waals surface area contributed by atoms with E-state index in [1.54, 1.807) is 13.2 Å². The molecule has 0 amide bonds. The number of methoxy groups -OCH3 is 1. The monoisotopic (exact) mass is 494 g/mol. The number of hydrogen-bond acceptors (Lipinski definition) is 5. The second-order valence-electron chi connectivity index (χ2n) is 7.13. The van der Waals surface area contributed by atoms with E-state index in [9.17, 15) is 8.42 Å². The summed E-state index contributed by atoms with van der Waals surface area (Å²) in [6.45, 7) is 5.25. The predicted octanol–water partition coefficient (Wildman–Crippen LogP) is 5.74. The van der Waals surface area contributed by atoms with Crippen LogP contribution in [0.3, 0.4) is 0 Å². The standard InChI is InChI=1S/C21H25Cl3O5S/c1-14(10-22)12-28-20-6-4-16(8-18(20)23)30(25,26)17-5-7-21(19(24)9-17)29-13-15(2)11-27-3/h4-9,14-15H,10-13H2,1-3H3. The first-order chi connectivity index (χ1) is 14.2. The molecule has 2 aromatic carbocycles. The van der Waals surface area contributed by atoms with Crippen LogP contribution in [-0.2, 0) is 14.6 Å². The number of halogens is 3. The molecule has 0 aromatic heterocycles. The highest BCUT2D eigenvalue weighted by atomic mass is 35.5. The largest absolute Gasteiger partial charge is 0.492 e. The van der Waals surface area contributed by atoms with Crippen molar-refractivity contribution in [1.29, 1.82) is 0 Å². The molecular weight excluding hydrogens is 471 g/mol. The maximum absolute atomic E-state index is 13.0. The van der Waals surface area contributed by atoms with Gasteiger partial charge in [-0.05, 0) is 36.4 Å². The summed E-state index contributed by atoms with van der Waals surface area (Å²) in [5.41, 5.74) is 0. The van der Waals surface area contributed by atoms with Crippen molar-refractivity contribution in [3.63, 3.8) is 0 Å². The van der Waals surface area contributed by atoms with Crippen LogP contribution in [0.25, 0.3) is 0 Å². The van der Waals surface area contributed by atoms with Crippen LogP contribution in [0.4, 0.5) is 0 Å². The predicted molar refractivity (Wildman–Crippen MR) is 120 cm³/mol. The van der Waals surface area contributed by atoms with Crippen molar-refractivity contribution in [2.24, 2.45) is 11.8 Å².